The second kappa shape index (κ2) is 6.67. The van der Waals surface area contributed by atoms with E-state index in [0.29, 0.717) is 5.84 Å². The number of nitrogens with one attached hydrogen (secondary N) is 1. The molecule has 0 spiro atoms. The molecule has 0 aliphatic heterocycles. The van der Waals surface area contributed by atoms with Crippen molar-refractivity contribution >= 4 is 5.84 Å². The van der Waals surface area contributed by atoms with Crippen molar-refractivity contribution in [2.24, 2.45) is 22.7 Å². The van der Waals surface area contributed by atoms with Crippen LogP contribution in [0.15, 0.2) is 5.16 Å². The van der Waals surface area contributed by atoms with E-state index in [1.165, 1.54) is 32.1 Å². The van der Waals surface area contributed by atoms with E-state index >= 15 is 0 Å². The minimum atomic E-state index is 0.110. The summed E-state index contributed by atoms with van der Waals surface area (Å²) in [7, 11) is 0. The maximum Gasteiger partial charge on any atom is 0.143 e. The van der Waals surface area contributed by atoms with Crippen LogP contribution in [0.25, 0.3) is 0 Å². The molecule has 1 saturated carbocycles. The Morgan fingerprint density at radius 3 is 2.73 bits per heavy atom. The zero-order chi connectivity index (χ0) is 11.1. The second-order valence-corrected chi connectivity index (χ2v) is 4.59. The number of nitrogens with zero attached hydrogens (tertiary/aromatic N) is 1. The predicted octanol–water partition coefficient (Wildman–Crippen LogP) is 1.54. The zero-order valence-electron chi connectivity index (χ0n) is 9.58. The summed E-state index contributed by atoms with van der Waals surface area (Å²) < 4.78 is 0. The first-order valence-electron chi connectivity index (χ1n) is 5.92. The van der Waals surface area contributed by atoms with Gasteiger partial charge >= 0.3 is 0 Å². The van der Waals surface area contributed by atoms with Gasteiger partial charge in [-0.2, -0.15) is 0 Å². The number of hydrogen-bond acceptors (Lipinski definition) is 3. The average Bonchev–Trinajstić information content (AvgIpc) is 2.29. The Morgan fingerprint density at radius 2 is 2.13 bits per heavy atom. The summed E-state index contributed by atoms with van der Waals surface area (Å²) in [4.78, 5) is 0. The van der Waals surface area contributed by atoms with Crippen LogP contribution in [0.2, 0.25) is 0 Å². The summed E-state index contributed by atoms with van der Waals surface area (Å²) in [5.74, 6) is 1.25. The topological polar surface area (TPSA) is 70.6 Å². The van der Waals surface area contributed by atoms with E-state index < -0.39 is 0 Å². The fourth-order valence-corrected chi connectivity index (χ4v) is 2.10. The van der Waals surface area contributed by atoms with Gasteiger partial charge in [-0.15, -0.1) is 0 Å². The lowest BCUT2D eigenvalue weighted by Gasteiger charge is -2.22. The lowest BCUT2D eigenvalue weighted by Crippen LogP contribution is -2.34. The van der Waals surface area contributed by atoms with E-state index in [4.69, 9.17) is 10.9 Å². The molecule has 4 heteroatoms. The fourth-order valence-electron chi connectivity index (χ4n) is 2.10. The highest BCUT2D eigenvalue weighted by Crippen LogP contribution is 2.22. The van der Waals surface area contributed by atoms with Crippen molar-refractivity contribution in [2.75, 3.05) is 13.1 Å². The van der Waals surface area contributed by atoms with Crippen molar-refractivity contribution in [1.82, 2.24) is 5.32 Å². The van der Waals surface area contributed by atoms with Gasteiger partial charge in [0, 0.05) is 12.5 Å². The first-order chi connectivity index (χ1) is 7.24. The van der Waals surface area contributed by atoms with Crippen LogP contribution in [-0.4, -0.2) is 24.1 Å². The molecule has 88 valence electrons. The molecule has 4 nitrogen and oxygen atoms in total. The summed E-state index contributed by atoms with van der Waals surface area (Å²) in [6.45, 7) is 3.83. The van der Waals surface area contributed by atoms with Crippen LogP contribution in [-0.2, 0) is 0 Å². The molecule has 1 fully saturated rings. The van der Waals surface area contributed by atoms with Gasteiger partial charge in [-0.1, -0.05) is 31.3 Å². The molecular formula is C11H23N3O. The zero-order valence-corrected chi connectivity index (χ0v) is 9.58. The Bertz CT molecular complexity index is 200. The monoisotopic (exact) mass is 213 g/mol. The van der Waals surface area contributed by atoms with Crippen molar-refractivity contribution in [2.45, 2.75) is 39.0 Å². The van der Waals surface area contributed by atoms with Gasteiger partial charge in [0.25, 0.3) is 0 Å². The number of amidine groups is 1. The van der Waals surface area contributed by atoms with Crippen molar-refractivity contribution in [1.29, 1.82) is 0 Å². The van der Waals surface area contributed by atoms with Crippen LogP contribution in [0.1, 0.15) is 39.0 Å². The van der Waals surface area contributed by atoms with Crippen LogP contribution >= 0.6 is 0 Å². The van der Waals surface area contributed by atoms with E-state index in [9.17, 15) is 0 Å². The van der Waals surface area contributed by atoms with Gasteiger partial charge < -0.3 is 16.3 Å². The molecule has 1 aliphatic carbocycles. The molecule has 0 aromatic heterocycles. The molecule has 1 aliphatic rings. The Hall–Kier alpha value is -0.770. The largest absolute Gasteiger partial charge is 0.409 e. The SMILES string of the molecule is CC(CNCC1CCCCC1)C(N)=NO. The van der Waals surface area contributed by atoms with Gasteiger partial charge in [0.2, 0.25) is 0 Å². The van der Waals surface area contributed by atoms with E-state index in [1.807, 2.05) is 6.92 Å². The number of hydrogen-bond donors (Lipinski definition) is 3. The lowest BCUT2D eigenvalue weighted by atomic mass is 9.89. The van der Waals surface area contributed by atoms with Crippen LogP contribution in [0.4, 0.5) is 0 Å². The Labute approximate surface area is 91.9 Å². The predicted molar refractivity (Wildman–Crippen MR) is 62.0 cm³/mol. The van der Waals surface area contributed by atoms with Crippen LogP contribution < -0.4 is 11.1 Å². The highest BCUT2D eigenvalue weighted by atomic mass is 16.4. The third-order valence-corrected chi connectivity index (χ3v) is 3.23. The Morgan fingerprint density at radius 1 is 1.47 bits per heavy atom. The second-order valence-electron chi connectivity index (χ2n) is 4.59. The smallest absolute Gasteiger partial charge is 0.143 e. The summed E-state index contributed by atoms with van der Waals surface area (Å²) in [6, 6.07) is 0. The minimum Gasteiger partial charge on any atom is -0.409 e. The number of oxime groups is 1. The Kier molecular flexibility index (Phi) is 5.47. The summed E-state index contributed by atoms with van der Waals surface area (Å²) in [5, 5.41) is 14.9. The van der Waals surface area contributed by atoms with Crippen LogP contribution in [0, 0.1) is 11.8 Å². The standard InChI is InChI=1S/C11H23N3O/c1-9(11(12)14-15)7-13-8-10-5-3-2-4-6-10/h9-10,13,15H,2-8H2,1H3,(H2,12,14). The van der Waals surface area contributed by atoms with E-state index in [0.717, 1.165) is 19.0 Å². The fraction of sp³-hybridized carbons (Fsp3) is 0.909. The number of nitrogens with two attached hydrogens (primary N) is 1. The summed E-state index contributed by atoms with van der Waals surface area (Å²) in [6.07, 6.45) is 6.86. The first kappa shape index (κ1) is 12.3. The van der Waals surface area contributed by atoms with E-state index in [2.05, 4.69) is 10.5 Å². The molecule has 15 heavy (non-hydrogen) atoms. The molecule has 1 atom stereocenters. The molecule has 1 unspecified atom stereocenters. The van der Waals surface area contributed by atoms with Crippen molar-refractivity contribution in [3.05, 3.63) is 0 Å². The molecule has 0 heterocycles. The molecular weight excluding hydrogens is 190 g/mol. The maximum atomic E-state index is 8.49. The van der Waals surface area contributed by atoms with Crippen LogP contribution in [0.5, 0.6) is 0 Å². The highest BCUT2D eigenvalue weighted by Gasteiger charge is 2.13. The van der Waals surface area contributed by atoms with Crippen molar-refractivity contribution in [3.8, 4) is 0 Å². The molecule has 0 radical (unpaired) electrons. The summed E-state index contributed by atoms with van der Waals surface area (Å²) in [5.41, 5.74) is 5.50. The minimum absolute atomic E-state index is 0.110. The van der Waals surface area contributed by atoms with Gasteiger partial charge in [-0.25, -0.2) is 0 Å². The number of rotatable bonds is 5. The molecule has 0 saturated heterocycles. The average molecular weight is 213 g/mol. The molecule has 0 amide bonds. The third-order valence-electron chi connectivity index (χ3n) is 3.23. The third kappa shape index (κ3) is 4.51. The summed E-state index contributed by atoms with van der Waals surface area (Å²) >= 11 is 0. The lowest BCUT2D eigenvalue weighted by molar-refractivity contribution is 0.312. The highest BCUT2D eigenvalue weighted by molar-refractivity contribution is 5.82. The molecule has 4 N–H and O–H groups in total. The maximum absolute atomic E-state index is 8.49. The van der Waals surface area contributed by atoms with Gasteiger partial charge in [-0.3, -0.25) is 0 Å². The van der Waals surface area contributed by atoms with E-state index in [1.54, 1.807) is 0 Å². The van der Waals surface area contributed by atoms with E-state index in [-0.39, 0.29) is 5.92 Å². The van der Waals surface area contributed by atoms with Crippen molar-refractivity contribution in [3.63, 3.8) is 0 Å². The molecule has 0 bridgehead atoms. The van der Waals surface area contributed by atoms with Gasteiger partial charge in [-0.05, 0) is 25.3 Å². The molecule has 0 aromatic rings. The van der Waals surface area contributed by atoms with Gasteiger partial charge in [0.1, 0.15) is 5.84 Å². The van der Waals surface area contributed by atoms with Crippen molar-refractivity contribution < 1.29 is 5.21 Å². The normalized spacial score (nSPS) is 21.5. The molecule has 1 rings (SSSR count). The Balaban J connectivity index is 2.09. The quantitative estimate of drug-likeness (QED) is 0.281. The van der Waals surface area contributed by atoms with Crippen LogP contribution in [0.3, 0.4) is 0 Å². The van der Waals surface area contributed by atoms with Gasteiger partial charge in [0.15, 0.2) is 0 Å². The molecule has 0 aromatic carbocycles. The van der Waals surface area contributed by atoms with Gasteiger partial charge in [0.05, 0.1) is 0 Å². The first-order valence-corrected chi connectivity index (χ1v) is 5.92.